The molecule has 1 aliphatic rings. The summed E-state index contributed by atoms with van der Waals surface area (Å²) in [5, 5.41) is 0. The second-order valence-corrected chi connectivity index (χ2v) is 8.42. The molecule has 3 heterocycles. The predicted molar refractivity (Wildman–Crippen MR) is 98.2 cm³/mol. The van der Waals surface area contributed by atoms with Gasteiger partial charge in [0.25, 0.3) is 0 Å². The molecule has 13 heteroatoms. The van der Waals surface area contributed by atoms with E-state index in [9.17, 15) is 26.0 Å². The van der Waals surface area contributed by atoms with E-state index in [-0.39, 0.29) is 35.8 Å². The fraction of sp³-hybridized carbons (Fsp3) is 0.294. The van der Waals surface area contributed by atoms with Crippen molar-refractivity contribution < 1.29 is 30.7 Å². The summed E-state index contributed by atoms with van der Waals surface area (Å²) in [7, 11) is -4.41. The van der Waals surface area contributed by atoms with Crippen molar-refractivity contribution in [3.63, 3.8) is 0 Å². The fourth-order valence-corrected chi connectivity index (χ4v) is 4.86. The SMILES string of the molecule is Nc1[nH]c2c(N3CCOC(C(F)(F)F)C3)ncnc2c1S(=O)(=O)c1ccccc1F. The highest BCUT2D eigenvalue weighted by Gasteiger charge is 2.44. The third-order valence-corrected chi connectivity index (χ3v) is 6.53. The van der Waals surface area contributed by atoms with Crippen LogP contribution in [0.5, 0.6) is 0 Å². The van der Waals surface area contributed by atoms with Gasteiger partial charge >= 0.3 is 6.18 Å². The molecule has 8 nitrogen and oxygen atoms in total. The Balaban J connectivity index is 1.83. The number of aromatic nitrogens is 3. The number of benzene rings is 1. The highest BCUT2D eigenvalue weighted by Crippen LogP contribution is 2.37. The number of nitrogens with two attached hydrogens (primary N) is 1. The Labute approximate surface area is 167 Å². The van der Waals surface area contributed by atoms with Gasteiger partial charge in [0, 0.05) is 6.54 Å². The van der Waals surface area contributed by atoms with E-state index in [1.54, 1.807) is 0 Å². The minimum Gasteiger partial charge on any atom is -0.384 e. The van der Waals surface area contributed by atoms with Gasteiger partial charge < -0.3 is 20.4 Å². The van der Waals surface area contributed by atoms with Crippen LogP contribution in [0.2, 0.25) is 0 Å². The molecule has 0 saturated carbocycles. The Hall–Kier alpha value is -2.93. The predicted octanol–water partition coefficient (Wildman–Crippen LogP) is 2.28. The Bertz CT molecular complexity index is 1210. The van der Waals surface area contributed by atoms with Crippen LogP contribution in [0.25, 0.3) is 11.0 Å². The molecule has 1 fully saturated rings. The highest BCUT2D eigenvalue weighted by atomic mass is 32.2. The van der Waals surface area contributed by atoms with E-state index < -0.39 is 44.3 Å². The number of ether oxygens (including phenoxy) is 1. The first-order chi connectivity index (χ1) is 14.1. The first-order valence-corrected chi connectivity index (χ1v) is 10.1. The van der Waals surface area contributed by atoms with Crippen molar-refractivity contribution >= 4 is 32.5 Å². The van der Waals surface area contributed by atoms with Crippen molar-refractivity contribution in [3.8, 4) is 0 Å². The molecule has 0 bridgehead atoms. The van der Waals surface area contributed by atoms with E-state index in [4.69, 9.17) is 10.5 Å². The zero-order chi connectivity index (χ0) is 21.7. The molecule has 1 atom stereocenters. The van der Waals surface area contributed by atoms with Crippen LogP contribution >= 0.6 is 0 Å². The first-order valence-electron chi connectivity index (χ1n) is 8.65. The zero-order valence-electron chi connectivity index (χ0n) is 15.1. The summed E-state index contributed by atoms with van der Waals surface area (Å²) in [6, 6.07) is 4.76. The third kappa shape index (κ3) is 3.33. The van der Waals surface area contributed by atoms with Crippen molar-refractivity contribution in [1.82, 2.24) is 15.0 Å². The lowest BCUT2D eigenvalue weighted by atomic mass is 10.2. The summed E-state index contributed by atoms with van der Waals surface area (Å²) in [5.74, 6) is -1.25. The van der Waals surface area contributed by atoms with Crippen LogP contribution in [-0.2, 0) is 14.6 Å². The van der Waals surface area contributed by atoms with Crippen LogP contribution in [-0.4, -0.2) is 55.3 Å². The maximum absolute atomic E-state index is 14.1. The molecule has 3 N–H and O–H groups in total. The number of hydrogen-bond donors (Lipinski definition) is 2. The van der Waals surface area contributed by atoms with Gasteiger partial charge in [-0.1, -0.05) is 12.1 Å². The lowest BCUT2D eigenvalue weighted by Crippen LogP contribution is -2.49. The number of rotatable bonds is 3. The van der Waals surface area contributed by atoms with Crippen LogP contribution in [0.3, 0.4) is 0 Å². The van der Waals surface area contributed by atoms with Crippen LogP contribution in [0.1, 0.15) is 0 Å². The van der Waals surface area contributed by atoms with E-state index in [2.05, 4.69) is 15.0 Å². The second kappa shape index (κ2) is 7.09. The van der Waals surface area contributed by atoms with Crippen molar-refractivity contribution in [2.45, 2.75) is 22.1 Å². The van der Waals surface area contributed by atoms with Crippen LogP contribution in [0, 0.1) is 5.82 Å². The van der Waals surface area contributed by atoms with Gasteiger partial charge in [-0.05, 0) is 12.1 Å². The molecule has 1 aliphatic heterocycles. The van der Waals surface area contributed by atoms with Crippen LogP contribution in [0.4, 0.5) is 29.2 Å². The van der Waals surface area contributed by atoms with Crippen molar-refractivity contribution in [2.24, 2.45) is 0 Å². The topological polar surface area (TPSA) is 114 Å². The summed E-state index contributed by atoms with van der Waals surface area (Å²) in [5.41, 5.74) is 5.77. The van der Waals surface area contributed by atoms with Crippen LogP contribution < -0.4 is 10.6 Å². The Morgan fingerprint density at radius 1 is 1.23 bits per heavy atom. The maximum Gasteiger partial charge on any atom is 0.416 e. The molecule has 0 spiro atoms. The number of hydrogen-bond acceptors (Lipinski definition) is 7. The number of nitrogen functional groups attached to an aromatic ring is 1. The Morgan fingerprint density at radius 3 is 2.67 bits per heavy atom. The molecule has 1 unspecified atom stereocenters. The van der Waals surface area contributed by atoms with E-state index in [0.29, 0.717) is 0 Å². The number of sulfone groups is 1. The molecule has 30 heavy (non-hydrogen) atoms. The molecule has 1 aromatic carbocycles. The summed E-state index contributed by atoms with van der Waals surface area (Å²) >= 11 is 0. The number of alkyl halides is 3. The number of morpholine rings is 1. The molecule has 1 saturated heterocycles. The van der Waals surface area contributed by atoms with E-state index >= 15 is 0 Å². The molecule has 4 rings (SSSR count). The van der Waals surface area contributed by atoms with E-state index in [1.807, 2.05) is 0 Å². The molecule has 0 amide bonds. The van der Waals surface area contributed by atoms with Gasteiger partial charge in [0.15, 0.2) is 11.9 Å². The lowest BCUT2D eigenvalue weighted by Gasteiger charge is -2.34. The first kappa shape index (κ1) is 20.3. The second-order valence-electron chi connectivity index (χ2n) is 6.57. The minimum absolute atomic E-state index is 0.0349. The Morgan fingerprint density at radius 2 is 1.97 bits per heavy atom. The van der Waals surface area contributed by atoms with Gasteiger partial charge in [0.1, 0.15) is 38.8 Å². The molecular formula is C17H15F4N5O3S. The van der Waals surface area contributed by atoms with E-state index in [1.165, 1.54) is 17.0 Å². The molecule has 0 radical (unpaired) electrons. The summed E-state index contributed by atoms with van der Waals surface area (Å²) in [6.45, 7) is -0.650. The van der Waals surface area contributed by atoms with Crippen molar-refractivity contribution in [3.05, 3.63) is 36.4 Å². The lowest BCUT2D eigenvalue weighted by molar-refractivity contribution is -0.221. The smallest absolute Gasteiger partial charge is 0.384 e. The molecule has 3 aromatic rings. The summed E-state index contributed by atoms with van der Waals surface area (Å²) in [6.07, 6.45) is -5.58. The van der Waals surface area contributed by atoms with Gasteiger partial charge in [-0.3, -0.25) is 0 Å². The summed E-state index contributed by atoms with van der Waals surface area (Å²) in [4.78, 5) is 10.8. The normalized spacial score (nSPS) is 18.1. The number of fused-ring (bicyclic) bond motifs is 1. The quantitative estimate of drug-likeness (QED) is 0.595. The average Bonchev–Trinajstić information content (AvgIpc) is 3.04. The summed E-state index contributed by atoms with van der Waals surface area (Å²) < 4.78 is 84.2. The maximum atomic E-state index is 14.1. The fourth-order valence-electron chi connectivity index (χ4n) is 3.31. The molecule has 160 valence electrons. The number of nitrogens with zero attached hydrogens (tertiary/aromatic N) is 3. The standard InChI is InChI=1S/C17H15F4N5O3S/c18-9-3-1-2-4-10(9)30(27,28)14-12-13(25-15(14)22)16(24-8-23-12)26-5-6-29-11(7-26)17(19,20)21/h1-4,8,11,25H,5-7,22H2. The average molecular weight is 445 g/mol. The number of H-pyrrole nitrogens is 1. The van der Waals surface area contributed by atoms with Gasteiger partial charge in [-0.2, -0.15) is 13.2 Å². The largest absolute Gasteiger partial charge is 0.416 e. The van der Waals surface area contributed by atoms with Gasteiger partial charge in [0.05, 0.1) is 13.2 Å². The highest BCUT2D eigenvalue weighted by molar-refractivity contribution is 7.92. The van der Waals surface area contributed by atoms with Gasteiger partial charge in [-0.25, -0.2) is 22.8 Å². The van der Waals surface area contributed by atoms with Gasteiger partial charge in [0.2, 0.25) is 9.84 Å². The Kier molecular flexibility index (Phi) is 4.81. The molecular weight excluding hydrogens is 430 g/mol. The molecule has 2 aromatic heterocycles. The zero-order valence-corrected chi connectivity index (χ0v) is 16.0. The minimum atomic E-state index is -4.57. The van der Waals surface area contributed by atoms with Gasteiger partial charge in [-0.15, -0.1) is 0 Å². The molecule has 0 aliphatic carbocycles. The number of anilines is 2. The van der Waals surface area contributed by atoms with Crippen LogP contribution in [0.15, 0.2) is 40.4 Å². The van der Waals surface area contributed by atoms with Crippen molar-refractivity contribution in [1.29, 1.82) is 0 Å². The monoisotopic (exact) mass is 445 g/mol. The number of aromatic amines is 1. The number of halogens is 4. The van der Waals surface area contributed by atoms with Crippen molar-refractivity contribution in [2.75, 3.05) is 30.3 Å². The van der Waals surface area contributed by atoms with E-state index in [0.717, 1.165) is 18.5 Å². The third-order valence-electron chi connectivity index (χ3n) is 4.67. The number of nitrogens with one attached hydrogen (secondary N) is 1.